The highest BCUT2D eigenvalue weighted by molar-refractivity contribution is 5.77. The maximum atomic E-state index is 4.43. The molecule has 0 aliphatic rings. The van der Waals surface area contributed by atoms with E-state index in [1.165, 1.54) is 0 Å². The molecule has 0 radical (unpaired) electrons. The minimum atomic E-state index is 0.824. The first-order valence-electron chi connectivity index (χ1n) is 6.11. The van der Waals surface area contributed by atoms with Gasteiger partial charge in [-0.1, -0.05) is 36.4 Å². The molecule has 0 saturated carbocycles. The van der Waals surface area contributed by atoms with Crippen LogP contribution in [0.5, 0.6) is 0 Å². The first-order valence-corrected chi connectivity index (χ1v) is 6.11. The Morgan fingerprint density at radius 3 is 2.53 bits per heavy atom. The smallest absolute Gasteiger partial charge is 0.129 e. The minimum Gasteiger partial charge on any atom is -0.345 e. The number of aromatic amines is 1. The number of benzene rings is 1. The molecule has 0 aliphatic heterocycles. The zero-order chi connectivity index (χ0) is 12.9. The van der Waals surface area contributed by atoms with Crippen LogP contribution < -0.4 is 0 Å². The summed E-state index contributed by atoms with van der Waals surface area (Å²) in [6.45, 7) is 0. The summed E-state index contributed by atoms with van der Waals surface area (Å²) < 4.78 is 0. The largest absolute Gasteiger partial charge is 0.345 e. The van der Waals surface area contributed by atoms with E-state index in [9.17, 15) is 0 Å². The Balaban J connectivity index is 1.99. The van der Waals surface area contributed by atoms with E-state index in [4.69, 9.17) is 0 Å². The van der Waals surface area contributed by atoms with Crippen molar-refractivity contribution in [2.24, 2.45) is 0 Å². The quantitative estimate of drug-likeness (QED) is 0.767. The van der Waals surface area contributed by atoms with E-state index in [1.54, 1.807) is 18.6 Å². The maximum absolute atomic E-state index is 4.43. The summed E-state index contributed by atoms with van der Waals surface area (Å²) in [7, 11) is 0. The van der Waals surface area contributed by atoms with Crippen LogP contribution >= 0.6 is 0 Å². The molecule has 0 unspecified atom stereocenters. The van der Waals surface area contributed by atoms with Crippen LogP contribution in [0.25, 0.3) is 23.3 Å². The molecule has 92 valence electrons. The molecule has 3 nitrogen and oxygen atoms in total. The standard InChI is InChI=1S/C16H13N3/c1-2-5-13(6-3-1)14-7-4-10-17-15(14)8-9-16-18-11-12-19-16/h1-12H,(H,18,19)/b9-8+. The van der Waals surface area contributed by atoms with Crippen LogP contribution in [0.3, 0.4) is 0 Å². The summed E-state index contributed by atoms with van der Waals surface area (Å²) in [6, 6.07) is 14.3. The van der Waals surface area contributed by atoms with Crippen LogP contribution in [0.4, 0.5) is 0 Å². The zero-order valence-electron chi connectivity index (χ0n) is 10.3. The number of hydrogen-bond acceptors (Lipinski definition) is 2. The second-order valence-corrected chi connectivity index (χ2v) is 4.11. The number of pyridine rings is 1. The molecular formula is C16H13N3. The Morgan fingerprint density at radius 1 is 0.842 bits per heavy atom. The highest BCUT2D eigenvalue weighted by Crippen LogP contribution is 2.22. The highest BCUT2D eigenvalue weighted by atomic mass is 14.9. The van der Waals surface area contributed by atoms with Crippen LogP contribution in [0, 0.1) is 0 Å². The Bertz CT molecular complexity index is 670. The fourth-order valence-corrected chi connectivity index (χ4v) is 1.94. The molecule has 1 N–H and O–H groups in total. The molecule has 0 aliphatic carbocycles. The number of nitrogens with zero attached hydrogens (tertiary/aromatic N) is 2. The summed E-state index contributed by atoms with van der Waals surface area (Å²) in [5.74, 6) is 0.824. The zero-order valence-corrected chi connectivity index (χ0v) is 10.3. The summed E-state index contributed by atoms with van der Waals surface area (Å²) in [6.07, 6.45) is 9.23. The number of rotatable bonds is 3. The summed E-state index contributed by atoms with van der Waals surface area (Å²) in [4.78, 5) is 11.6. The van der Waals surface area contributed by atoms with Crippen molar-refractivity contribution < 1.29 is 0 Å². The van der Waals surface area contributed by atoms with Crippen molar-refractivity contribution in [2.75, 3.05) is 0 Å². The number of nitrogens with one attached hydrogen (secondary N) is 1. The van der Waals surface area contributed by atoms with Crippen molar-refractivity contribution in [3.8, 4) is 11.1 Å². The van der Waals surface area contributed by atoms with Crippen molar-refractivity contribution in [1.29, 1.82) is 0 Å². The molecule has 2 aromatic heterocycles. The van der Waals surface area contributed by atoms with E-state index in [2.05, 4.69) is 33.2 Å². The predicted octanol–water partition coefficient (Wildman–Crippen LogP) is 3.64. The fourth-order valence-electron chi connectivity index (χ4n) is 1.94. The van der Waals surface area contributed by atoms with Crippen LogP contribution in [-0.2, 0) is 0 Å². The molecule has 0 fully saturated rings. The third-order valence-corrected chi connectivity index (χ3v) is 2.84. The first kappa shape index (κ1) is 11.4. The van der Waals surface area contributed by atoms with Gasteiger partial charge in [0.05, 0.1) is 5.69 Å². The second-order valence-electron chi connectivity index (χ2n) is 4.11. The topological polar surface area (TPSA) is 41.6 Å². The van der Waals surface area contributed by atoms with E-state index in [0.717, 1.165) is 22.6 Å². The van der Waals surface area contributed by atoms with Gasteiger partial charge in [0, 0.05) is 24.2 Å². The number of hydrogen-bond donors (Lipinski definition) is 1. The molecule has 1 aromatic carbocycles. The van der Waals surface area contributed by atoms with Gasteiger partial charge in [0.2, 0.25) is 0 Å². The van der Waals surface area contributed by atoms with Gasteiger partial charge in [0.25, 0.3) is 0 Å². The van der Waals surface area contributed by atoms with Crippen molar-refractivity contribution in [1.82, 2.24) is 15.0 Å². The number of H-pyrrole nitrogens is 1. The lowest BCUT2D eigenvalue weighted by Crippen LogP contribution is -1.86. The molecule has 0 atom stereocenters. The molecule has 19 heavy (non-hydrogen) atoms. The Morgan fingerprint density at radius 2 is 1.74 bits per heavy atom. The Labute approximate surface area is 111 Å². The van der Waals surface area contributed by atoms with Gasteiger partial charge in [0.15, 0.2) is 0 Å². The van der Waals surface area contributed by atoms with E-state index in [1.807, 2.05) is 36.4 Å². The van der Waals surface area contributed by atoms with Gasteiger partial charge in [-0.05, 0) is 23.8 Å². The van der Waals surface area contributed by atoms with Crippen molar-refractivity contribution in [3.63, 3.8) is 0 Å². The highest BCUT2D eigenvalue weighted by Gasteiger charge is 2.02. The number of imidazole rings is 1. The molecule has 0 spiro atoms. The average Bonchev–Trinajstić information content (AvgIpc) is 3.00. The fraction of sp³-hybridized carbons (Fsp3) is 0. The predicted molar refractivity (Wildman–Crippen MR) is 77.2 cm³/mol. The maximum Gasteiger partial charge on any atom is 0.129 e. The summed E-state index contributed by atoms with van der Waals surface area (Å²) in [5.41, 5.74) is 3.21. The third-order valence-electron chi connectivity index (χ3n) is 2.84. The van der Waals surface area contributed by atoms with Gasteiger partial charge in [-0.3, -0.25) is 4.98 Å². The summed E-state index contributed by atoms with van der Waals surface area (Å²) >= 11 is 0. The lowest BCUT2D eigenvalue weighted by molar-refractivity contribution is 1.26. The summed E-state index contributed by atoms with van der Waals surface area (Å²) in [5, 5.41) is 0. The monoisotopic (exact) mass is 247 g/mol. The van der Waals surface area contributed by atoms with Gasteiger partial charge in [-0.2, -0.15) is 0 Å². The van der Waals surface area contributed by atoms with Crippen LogP contribution in [0.15, 0.2) is 61.1 Å². The Kier molecular flexibility index (Phi) is 3.19. The molecule has 3 aromatic rings. The van der Waals surface area contributed by atoms with Gasteiger partial charge in [-0.25, -0.2) is 4.98 Å². The van der Waals surface area contributed by atoms with Gasteiger partial charge in [0.1, 0.15) is 5.82 Å². The molecule has 0 amide bonds. The lowest BCUT2D eigenvalue weighted by atomic mass is 10.0. The lowest BCUT2D eigenvalue weighted by Gasteiger charge is -2.04. The average molecular weight is 247 g/mol. The molecule has 0 saturated heterocycles. The van der Waals surface area contributed by atoms with E-state index >= 15 is 0 Å². The van der Waals surface area contributed by atoms with Crippen LogP contribution in [0.2, 0.25) is 0 Å². The molecule has 3 rings (SSSR count). The van der Waals surface area contributed by atoms with Crippen molar-refractivity contribution in [3.05, 3.63) is 72.6 Å². The first-order chi connectivity index (χ1) is 9.43. The normalized spacial score (nSPS) is 10.9. The van der Waals surface area contributed by atoms with Gasteiger partial charge in [-0.15, -0.1) is 0 Å². The van der Waals surface area contributed by atoms with Crippen molar-refractivity contribution in [2.45, 2.75) is 0 Å². The molecular weight excluding hydrogens is 234 g/mol. The van der Waals surface area contributed by atoms with Crippen molar-refractivity contribution >= 4 is 12.2 Å². The van der Waals surface area contributed by atoms with E-state index in [0.29, 0.717) is 0 Å². The number of aromatic nitrogens is 3. The minimum absolute atomic E-state index is 0.824. The third kappa shape index (κ3) is 2.60. The van der Waals surface area contributed by atoms with E-state index in [-0.39, 0.29) is 0 Å². The van der Waals surface area contributed by atoms with Crippen LogP contribution in [-0.4, -0.2) is 15.0 Å². The molecule has 0 bridgehead atoms. The van der Waals surface area contributed by atoms with Gasteiger partial charge >= 0.3 is 0 Å². The molecule has 3 heteroatoms. The SMILES string of the molecule is C(=C\c1ncccc1-c1ccccc1)/c1ncc[nH]1. The molecule has 2 heterocycles. The van der Waals surface area contributed by atoms with Crippen LogP contribution in [0.1, 0.15) is 11.5 Å². The Hall–Kier alpha value is -2.68. The second kappa shape index (κ2) is 5.31. The van der Waals surface area contributed by atoms with Gasteiger partial charge < -0.3 is 4.98 Å². The van der Waals surface area contributed by atoms with E-state index < -0.39 is 0 Å².